The van der Waals surface area contributed by atoms with Crippen molar-refractivity contribution < 1.29 is 8.42 Å². The predicted octanol–water partition coefficient (Wildman–Crippen LogP) is 5.47. The van der Waals surface area contributed by atoms with Gasteiger partial charge in [-0.05, 0) is 73.9 Å². The first-order valence-corrected chi connectivity index (χ1v) is 14.2. The van der Waals surface area contributed by atoms with Gasteiger partial charge in [-0.3, -0.25) is 4.98 Å². The second-order valence-electron chi connectivity index (χ2n) is 9.21. The van der Waals surface area contributed by atoms with Crippen LogP contribution in [0.5, 0.6) is 0 Å². The Morgan fingerprint density at radius 3 is 2.61 bits per heavy atom. The molecule has 0 saturated carbocycles. The minimum Gasteiger partial charge on any atom is -0.371 e. The molecule has 5 nitrogen and oxygen atoms in total. The third kappa shape index (κ3) is 5.28. The highest BCUT2D eigenvalue weighted by molar-refractivity contribution is 7.88. The van der Waals surface area contributed by atoms with Crippen LogP contribution >= 0.6 is 11.6 Å². The van der Waals surface area contributed by atoms with E-state index in [9.17, 15) is 8.42 Å². The third-order valence-electron chi connectivity index (χ3n) is 6.99. The maximum absolute atomic E-state index is 12.0. The van der Waals surface area contributed by atoms with Crippen LogP contribution in [-0.2, 0) is 10.0 Å². The molecule has 4 rings (SSSR count). The number of fused-ring (bicyclic) bond motifs is 2. The molecule has 0 bridgehead atoms. The molecule has 0 radical (unpaired) electrons. The molecule has 2 aliphatic rings. The molecular formula is C26H34ClN3O2S. The second-order valence-corrected chi connectivity index (χ2v) is 11.6. The molecule has 2 aromatic rings. The molecule has 1 aliphatic carbocycles. The van der Waals surface area contributed by atoms with Crippen LogP contribution in [0.15, 0.2) is 36.5 Å². The Kier molecular flexibility index (Phi) is 7.46. The van der Waals surface area contributed by atoms with Crippen molar-refractivity contribution in [2.24, 2.45) is 5.92 Å². The van der Waals surface area contributed by atoms with Gasteiger partial charge in [-0.1, -0.05) is 30.7 Å². The molecule has 1 saturated heterocycles. The first-order chi connectivity index (χ1) is 15.8. The number of halogens is 1. The largest absolute Gasteiger partial charge is 0.371 e. The number of sulfonamides is 1. The lowest BCUT2D eigenvalue weighted by atomic mass is 9.80. The van der Waals surface area contributed by atoms with E-state index in [0.29, 0.717) is 19.0 Å². The average molecular weight is 488 g/mol. The summed E-state index contributed by atoms with van der Waals surface area (Å²) in [7, 11) is -3.12. The van der Waals surface area contributed by atoms with E-state index in [0.717, 1.165) is 55.1 Å². The average Bonchev–Trinajstić information content (AvgIpc) is 2.92. The molecule has 0 amide bonds. The number of aromatic nitrogens is 1. The van der Waals surface area contributed by atoms with Crippen molar-refractivity contribution in [3.63, 3.8) is 0 Å². The van der Waals surface area contributed by atoms with E-state index in [1.807, 2.05) is 18.3 Å². The molecular weight excluding hydrogens is 454 g/mol. The zero-order valence-corrected chi connectivity index (χ0v) is 21.4. The van der Waals surface area contributed by atoms with Gasteiger partial charge in [0.2, 0.25) is 10.0 Å². The van der Waals surface area contributed by atoms with Crippen molar-refractivity contribution in [3.8, 4) is 0 Å². The van der Waals surface area contributed by atoms with Gasteiger partial charge in [0, 0.05) is 54.6 Å². The summed E-state index contributed by atoms with van der Waals surface area (Å²) >= 11 is 6.51. The molecule has 1 atom stereocenters. The molecule has 0 N–H and O–H groups in total. The zero-order valence-electron chi connectivity index (χ0n) is 19.8. The number of hydrogen-bond donors (Lipinski definition) is 0. The van der Waals surface area contributed by atoms with Crippen LogP contribution in [0.2, 0.25) is 5.02 Å². The number of hydrogen-bond acceptors (Lipinski definition) is 4. The molecule has 1 aliphatic heterocycles. The SMILES string of the molecule is CCCN(CC)C1=Cc2cccnc2C(CC2CCN(S(C)(=O)=O)CC2)c2ccc(Cl)cc21. The van der Waals surface area contributed by atoms with Crippen LogP contribution in [-0.4, -0.2) is 55.0 Å². The van der Waals surface area contributed by atoms with E-state index in [-0.39, 0.29) is 5.92 Å². The van der Waals surface area contributed by atoms with Crippen molar-refractivity contribution in [1.82, 2.24) is 14.2 Å². The Morgan fingerprint density at radius 2 is 1.94 bits per heavy atom. The van der Waals surface area contributed by atoms with E-state index in [1.54, 1.807) is 4.31 Å². The second kappa shape index (κ2) is 10.2. The van der Waals surface area contributed by atoms with Gasteiger partial charge in [-0.15, -0.1) is 0 Å². The molecule has 178 valence electrons. The van der Waals surface area contributed by atoms with Crippen LogP contribution < -0.4 is 0 Å². The summed E-state index contributed by atoms with van der Waals surface area (Å²) < 4.78 is 25.5. The lowest BCUT2D eigenvalue weighted by Crippen LogP contribution is -2.38. The fourth-order valence-electron chi connectivity index (χ4n) is 5.30. The first-order valence-electron chi connectivity index (χ1n) is 12.0. The Morgan fingerprint density at radius 1 is 1.18 bits per heavy atom. The Labute approximate surface area is 203 Å². The lowest BCUT2D eigenvalue weighted by Gasteiger charge is -2.33. The zero-order chi connectivity index (χ0) is 23.6. The van der Waals surface area contributed by atoms with Gasteiger partial charge in [0.25, 0.3) is 0 Å². The Bertz CT molecular complexity index is 1120. The monoisotopic (exact) mass is 487 g/mol. The summed E-state index contributed by atoms with van der Waals surface area (Å²) in [4.78, 5) is 7.29. The predicted molar refractivity (Wildman–Crippen MR) is 137 cm³/mol. The number of piperidine rings is 1. The molecule has 2 heterocycles. The highest BCUT2D eigenvalue weighted by Crippen LogP contribution is 2.43. The van der Waals surface area contributed by atoms with Crippen molar-refractivity contribution in [1.29, 1.82) is 0 Å². The van der Waals surface area contributed by atoms with E-state index in [4.69, 9.17) is 16.6 Å². The van der Waals surface area contributed by atoms with Crippen molar-refractivity contribution in [2.45, 2.75) is 45.4 Å². The molecule has 7 heteroatoms. The first kappa shape index (κ1) is 24.2. The molecule has 0 spiro atoms. The number of nitrogens with zero attached hydrogens (tertiary/aromatic N) is 3. The Hall–Kier alpha value is -1.89. The normalized spacial score (nSPS) is 19.4. The topological polar surface area (TPSA) is 53.5 Å². The summed E-state index contributed by atoms with van der Waals surface area (Å²) in [5.41, 5.74) is 5.93. The fraction of sp³-hybridized carbons (Fsp3) is 0.500. The van der Waals surface area contributed by atoms with Crippen LogP contribution in [0.25, 0.3) is 11.8 Å². The van der Waals surface area contributed by atoms with Crippen LogP contribution in [0, 0.1) is 5.92 Å². The minimum absolute atomic E-state index is 0.150. The number of benzene rings is 1. The van der Waals surface area contributed by atoms with Crippen molar-refractivity contribution in [2.75, 3.05) is 32.4 Å². The molecule has 1 aromatic heterocycles. The maximum atomic E-state index is 12.0. The van der Waals surface area contributed by atoms with Crippen LogP contribution in [0.4, 0.5) is 0 Å². The van der Waals surface area contributed by atoms with E-state index in [1.165, 1.54) is 23.1 Å². The van der Waals surface area contributed by atoms with Gasteiger partial charge < -0.3 is 4.90 Å². The summed E-state index contributed by atoms with van der Waals surface area (Å²) in [6, 6.07) is 10.4. The van der Waals surface area contributed by atoms with Crippen LogP contribution in [0.1, 0.15) is 67.8 Å². The van der Waals surface area contributed by atoms with Gasteiger partial charge >= 0.3 is 0 Å². The van der Waals surface area contributed by atoms with E-state index < -0.39 is 10.0 Å². The van der Waals surface area contributed by atoms with Gasteiger partial charge in [-0.25, -0.2) is 12.7 Å². The maximum Gasteiger partial charge on any atom is 0.211 e. The minimum atomic E-state index is -3.12. The quantitative estimate of drug-likeness (QED) is 0.519. The fourth-order valence-corrected chi connectivity index (χ4v) is 6.34. The van der Waals surface area contributed by atoms with Crippen LogP contribution in [0.3, 0.4) is 0 Å². The summed E-state index contributed by atoms with van der Waals surface area (Å²) in [5.74, 6) is 0.600. The van der Waals surface area contributed by atoms with Gasteiger partial charge in [0.05, 0.1) is 11.9 Å². The van der Waals surface area contributed by atoms with Gasteiger partial charge in [0.15, 0.2) is 0 Å². The molecule has 33 heavy (non-hydrogen) atoms. The van der Waals surface area contributed by atoms with Crippen molar-refractivity contribution >= 4 is 33.4 Å². The summed E-state index contributed by atoms with van der Waals surface area (Å²) in [6.07, 6.45) is 9.26. The highest BCUT2D eigenvalue weighted by Gasteiger charge is 2.32. The molecule has 1 fully saturated rings. The third-order valence-corrected chi connectivity index (χ3v) is 8.53. The smallest absolute Gasteiger partial charge is 0.211 e. The van der Waals surface area contributed by atoms with Gasteiger partial charge in [-0.2, -0.15) is 0 Å². The van der Waals surface area contributed by atoms with Gasteiger partial charge in [0.1, 0.15) is 0 Å². The molecule has 1 unspecified atom stereocenters. The highest BCUT2D eigenvalue weighted by atomic mass is 35.5. The van der Waals surface area contributed by atoms with E-state index >= 15 is 0 Å². The number of pyridine rings is 1. The summed E-state index contributed by atoms with van der Waals surface area (Å²) in [5, 5.41) is 0.742. The standard InChI is InChI=1S/C26H34ClN3O2S/c1-4-13-29(5-2)25-17-20-7-6-12-28-26(20)24(22-9-8-21(27)18-23(22)25)16-19-10-14-30(15-11-19)33(3,31)32/h6-9,12,17-19,24H,4-5,10-11,13-16H2,1-3H3. The molecule has 1 aromatic carbocycles. The Balaban J connectivity index is 1.74. The van der Waals surface area contributed by atoms with Crippen molar-refractivity contribution in [3.05, 3.63) is 63.9 Å². The number of rotatable bonds is 7. The summed E-state index contributed by atoms with van der Waals surface area (Å²) in [6.45, 7) is 7.52. The van der Waals surface area contributed by atoms with E-state index in [2.05, 4.69) is 43.0 Å². The lowest BCUT2D eigenvalue weighted by molar-refractivity contribution is 0.258.